The summed E-state index contributed by atoms with van der Waals surface area (Å²) < 4.78 is 18.9. The predicted octanol–water partition coefficient (Wildman–Crippen LogP) is 3.53. The molecule has 7 heteroatoms. The number of hydrogen-bond acceptors (Lipinski definition) is 4. The zero-order valence-electron chi connectivity index (χ0n) is 18.1. The summed E-state index contributed by atoms with van der Waals surface area (Å²) in [5, 5.41) is 2.91. The first-order valence-corrected chi connectivity index (χ1v) is 10.7. The number of halogens is 1. The number of carbonyl (C=O) groups excluding carboxylic acids is 2. The Kier molecular flexibility index (Phi) is 7.87. The van der Waals surface area contributed by atoms with Crippen LogP contribution in [0.3, 0.4) is 0 Å². The van der Waals surface area contributed by atoms with E-state index in [9.17, 15) is 14.0 Å². The van der Waals surface area contributed by atoms with Gasteiger partial charge in [-0.2, -0.15) is 0 Å². The minimum Gasteiger partial charge on any atom is -0.494 e. The van der Waals surface area contributed by atoms with Crippen LogP contribution in [0.5, 0.6) is 5.75 Å². The van der Waals surface area contributed by atoms with Gasteiger partial charge in [0.2, 0.25) is 11.8 Å². The molecule has 1 aliphatic heterocycles. The SMILES string of the molecule is CCOc1ccccc1C(CC(=O)N1CCCN(c2ccc(F)cc2)CC1)NC(C)=O. The molecule has 0 aliphatic carbocycles. The van der Waals surface area contributed by atoms with Gasteiger partial charge >= 0.3 is 0 Å². The van der Waals surface area contributed by atoms with Crippen LogP contribution >= 0.6 is 0 Å². The standard InChI is InChI=1S/C24H30FN3O3/c1-3-31-23-8-5-4-7-21(23)22(26-18(2)29)17-24(30)28-14-6-13-27(15-16-28)20-11-9-19(25)10-12-20/h4-5,7-12,22H,3,6,13-17H2,1-2H3,(H,26,29). The Labute approximate surface area is 183 Å². The number of para-hydroxylation sites is 1. The fourth-order valence-electron chi connectivity index (χ4n) is 3.92. The first-order chi connectivity index (χ1) is 15.0. The number of ether oxygens (including phenoxy) is 1. The van der Waals surface area contributed by atoms with E-state index in [4.69, 9.17) is 4.74 Å². The van der Waals surface area contributed by atoms with Gasteiger partial charge in [0.1, 0.15) is 11.6 Å². The molecule has 1 fully saturated rings. The highest BCUT2D eigenvalue weighted by Crippen LogP contribution is 2.28. The van der Waals surface area contributed by atoms with Gasteiger partial charge in [0, 0.05) is 44.4 Å². The van der Waals surface area contributed by atoms with Crippen LogP contribution in [0, 0.1) is 5.82 Å². The van der Waals surface area contributed by atoms with Crippen LogP contribution < -0.4 is 15.0 Å². The van der Waals surface area contributed by atoms with Crippen molar-refractivity contribution in [2.45, 2.75) is 32.7 Å². The lowest BCUT2D eigenvalue weighted by atomic mass is 10.0. The summed E-state index contributed by atoms with van der Waals surface area (Å²) in [5.74, 6) is 0.218. The Morgan fingerprint density at radius 2 is 1.81 bits per heavy atom. The highest BCUT2D eigenvalue weighted by Gasteiger charge is 2.25. The lowest BCUT2D eigenvalue weighted by molar-refractivity contribution is -0.131. The summed E-state index contributed by atoms with van der Waals surface area (Å²) in [6, 6.07) is 13.5. The predicted molar refractivity (Wildman–Crippen MR) is 119 cm³/mol. The summed E-state index contributed by atoms with van der Waals surface area (Å²) in [6.07, 6.45) is 0.990. The van der Waals surface area contributed by atoms with Gasteiger partial charge in [-0.05, 0) is 43.7 Å². The molecule has 3 rings (SSSR count). The van der Waals surface area contributed by atoms with Crippen molar-refractivity contribution in [1.29, 1.82) is 0 Å². The lowest BCUT2D eigenvalue weighted by Crippen LogP contribution is -2.38. The van der Waals surface area contributed by atoms with E-state index >= 15 is 0 Å². The fraction of sp³-hybridized carbons (Fsp3) is 0.417. The van der Waals surface area contributed by atoms with Gasteiger partial charge in [-0.15, -0.1) is 0 Å². The summed E-state index contributed by atoms with van der Waals surface area (Å²) in [6.45, 7) is 6.57. The van der Waals surface area contributed by atoms with Gasteiger partial charge < -0.3 is 19.9 Å². The molecule has 31 heavy (non-hydrogen) atoms. The van der Waals surface area contributed by atoms with Crippen molar-refractivity contribution in [3.63, 3.8) is 0 Å². The Morgan fingerprint density at radius 1 is 1.06 bits per heavy atom. The second-order valence-corrected chi connectivity index (χ2v) is 7.63. The van der Waals surface area contributed by atoms with E-state index in [-0.39, 0.29) is 24.1 Å². The van der Waals surface area contributed by atoms with Crippen LogP contribution in [0.15, 0.2) is 48.5 Å². The maximum Gasteiger partial charge on any atom is 0.225 e. The third kappa shape index (κ3) is 6.20. The third-order valence-electron chi connectivity index (χ3n) is 5.39. The average molecular weight is 428 g/mol. The molecule has 1 aliphatic rings. The van der Waals surface area contributed by atoms with Crippen LogP contribution in [-0.2, 0) is 9.59 Å². The molecule has 6 nitrogen and oxygen atoms in total. The molecule has 166 valence electrons. The summed E-state index contributed by atoms with van der Waals surface area (Å²) in [5.41, 5.74) is 1.76. The number of carbonyl (C=O) groups is 2. The highest BCUT2D eigenvalue weighted by molar-refractivity contribution is 5.79. The first kappa shape index (κ1) is 22.6. The van der Waals surface area contributed by atoms with Crippen molar-refractivity contribution in [3.8, 4) is 5.75 Å². The second-order valence-electron chi connectivity index (χ2n) is 7.63. The van der Waals surface area contributed by atoms with Crippen molar-refractivity contribution in [2.24, 2.45) is 0 Å². The van der Waals surface area contributed by atoms with Gasteiger partial charge in [-0.3, -0.25) is 9.59 Å². The van der Waals surface area contributed by atoms with Gasteiger partial charge in [0.25, 0.3) is 0 Å². The van der Waals surface area contributed by atoms with Crippen molar-refractivity contribution in [3.05, 3.63) is 59.9 Å². The summed E-state index contributed by atoms with van der Waals surface area (Å²) in [4.78, 5) is 29.0. The van der Waals surface area contributed by atoms with E-state index in [1.54, 1.807) is 12.1 Å². The van der Waals surface area contributed by atoms with E-state index in [1.165, 1.54) is 19.1 Å². The zero-order chi connectivity index (χ0) is 22.2. The van der Waals surface area contributed by atoms with Crippen LogP contribution in [0.25, 0.3) is 0 Å². The van der Waals surface area contributed by atoms with Crippen LogP contribution in [0.4, 0.5) is 10.1 Å². The molecular weight excluding hydrogens is 397 g/mol. The summed E-state index contributed by atoms with van der Waals surface area (Å²) in [7, 11) is 0. The zero-order valence-corrected chi connectivity index (χ0v) is 18.1. The summed E-state index contributed by atoms with van der Waals surface area (Å²) >= 11 is 0. The molecule has 0 saturated carbocycles. The molecule has 2 aromatic rings. The minimum absolute atomic E-state index is 0.00833. The second kappa shape index (κ2) is 10.8. The van der Waals surface area contributed by atoms with E-state index in [2.05, 4.69) is 10.2 Å². The molecule has 0 bridgehead atoms. The Hall–Kier alpha value is -3.09. The molecule has 2 aromatic carbocycles. The quantitative estimate of drug-likeness (QED) is 0.734. The van der Waals surface area contributed by atoms with Gasteiger partial charge in [-0.1, -0.05) is 18.2 Å². The van der Waals surface area contributed by atoms with Crippen molar-refractivity contribution < 1.29 is 18.7 Å². The van der Waals surface area contributed by atoms with Crippen LogP contribution in [0.1, 0.15) is 38.3 Å². The van der Waals surface area contributed by atoms with Crippen molar-refractivity contribution in [2.75, 3.05) is 37.7 Å². The average Bonchev–Trinajstić information content (AvgIpc) is 3.01. The smallest absolute Gasteiger partial charge is 0.225 e. The van der Waals surface area contributed by atoms with E-state index in [1.807, 2.05) is 36.1 Å². The highest BCUT2D eigenvalue weighted by atomic mass is 19.1. The van der Waals surface area contributed by atoms with E-state index < -0.39 is 6.04 Å². The Balaban J connectivity index is 1.69. The molecule has 1 saturated heterocycles. The van der Waals surface area contributed by atoms with Gasteiger partial charge in [0.05, 0.1) is 19.1 Å². The Bertz CT molecular complexity index is 888. The number of nitrogens with zero attached hydrogens (tertiary/aromatic N) is 2. The normalized spacial score (nSPS) is 15.2. The molecule has 0 radical (unpaired) electrons. The number of hydrogen-bond donors (Lipinski definition) is 1. The van der Waals surface area contributed by atoms with Crippen molar-refractivity contribution >= 4 is 17.5 Å². The molecule has 1 heterocycles. The third-order valence-corrected chi connectivity index (χ3v) is 5.39. The molecule has 0 spiro atoms. The monoisotopic (exact) mass is 427 g/mol. The fourth-order valence-corrected chi connectivity index (χ4v) is 3.92. The van der Waals surface area contributed by atoms with Crippen molar-refractivity contribution in [1.82, 2.24) is 10.2 Å². The number of benzene rings is 2. The van der Waals surface area contributed by atoms with Gasteiger partial charge in [-0.25, -0.2) is 4.39 Å². The topological polar surface area (TPSA) is 61.9 Å². The molecule has 1 atom stereocenters. The number of rotatable bonds is 7. The van der Waals surface area contributed by atoms with E-state index in [0.717, 1.165) is 24.2 Å². The van der Waals surface area contributed by atoms with Gasteiger partial charge in [0.15, 0.2) is 0 Å². The van der Waals surface area contributed by atoms with Crippen LogP contribution in [-0.4, -0.2) is 49.5 Å². The maximum atomic E-state index is 13.2. The van der Waals surface area contributed by atoms with Crippen LogP contribution in [0.2, 0.25) is 0 Å². The largest absolute Gasteiger partial charge is 0.494 e. The molecule has 1 unspecified atom stereocenters. The molecule has 1 N–H and O–H groups in total. The van der Waals surface area contributed by atoms with E-state index in [0.29, 0.717) is 32.0 Å². The number of amides is 2. The molecule has 2 amide bonds. The molecule has 0 aromatic heterocycles. The maximum absolute atomic E-state index is 13.2. The number of anilines is 1. The minimum atomic E-state index is -0.454. The number of nitrogens with one attached hydrogen (secondary N) is 1. The lowest BCUT2D eigenvalue weighted by Gasteiger charge is -2.26. The molecular formula is C24H30FN3O3. The Morgan fingerprint density at radius 3 is 2.52 bits per heavy atom. The first-order valence-electron chi connectivity index (χ1n) is 10.7.